The third kappa shape index (κ3) is 8.30. The number of benzene rings is 3. The third-order valence-electron chi connectivity index (χ3n) is 11.8. The summed E-state index contributed by atoms with van der Waals surface area (Å²) in [5.74, 6) is 0.917. The van der Waals surface area contributed by atoms with Crippen molar-refractivity contribution < 1.29 is 28.7 Å². The van der Waals surface area contributed by atoms with Gasteiger partial charge in [-0.2, -0.15) is 0 Å². The van der Waals surface area contributed by atoms with Gasteiger partial charge in [-0.05, 0) is 84.5 Å². The summed E-state index contributed by atoms with van der Waals surface area (Å²) in [4.78, 5) is 74.6. The molecule has 318 valence electrons. The van der Waals surface area contributed by atoms with Crippen molar-refractivity contribution in [1.29, 1.82) is 0 Å². The second kappa shape index (κ2) is 17.4. The maximum absolute atomic E-state index is 13.8. The average Bonchev–Trinajstić information content (AvgIpc) is 4.12. The number of nitrogens with zero attached hydrogens (tertiary/aromatic N) is 4. The molecule has 14 nitrogen and oxygen atoms in total. The fourth-order valence-electron chi connectivity index (χ4n) is 8.63. The Bertz CT molecular complexity index is 2580. The number of likely N-dealkylation sites (tertiary alicyclic amines) is 2. The second-order valence-corrected chi connectivity index (χ2v) is 17.6. The standard InChI is InChI=1S/C46H52N8O6S/c1-25(2)38(51-45(57)59-5)43(55)53-20-10-14-35(53)41-47-31-18-16-28(22-33(31)49-41)37-24-30(27-12-8-7-9-13-27)40(61-37)29-17-19-32-34(23-29)50-42(48-32)36-15-11-21-54(36)44(56)39(26(3)4)52-46(58)60-6/h7-9,12-13,16-19,22-26,35-36,38-39H,10-11,14-15,20-21H2,1-6H3,(H,47,49)(H,48,50)(H,51,57)(H,52,58)/t35-,36-,38-,39-/m0/s1. The van der Waals surface area contributed by atoms with E-state index in [0.29, 0.717) is 13.1 Å². The minimum absolute atomic E-state index is 0.122. The van der Waals surface area contributed by atoms with E-state index in [1.54, 1.807) is 11.3 Å². The summed E-state index contributed by atoms with van der Waals surface area (Å²) >= 11 is 1.71. The lowest BCUT2D eigenvalue weighted by Crippen LogP contribution is -2.51. The van der Waals surface area contributed by atoms with Gasteiger partial charge >= 0.3 is 12.2 Å². The highest BCUT2D eigenvalue weighted by molar-refractivity contribution is 7.19. The van der Waals surface area contributed by atoms with Gasteiger partial charge < -0.3 is 39.9 Å². The van der Waals surface area contributed by atoms with Crippen molar-refractivity contribution in [2.75, 3.05) is 27.3 Å². The monoisotopic (exact) mass is 844 g/mol. The van der Waals surface area contributed by atoms with Crippen LogP contribution in [0.3, 0.4) is 0 Å². The number of nitrogens with one attached hydrogen (secondary N) is 4. The summed E-state index contributed by atoms with van der Waals surface area (Å²) in [7, 11) is 2.59. The van der Waals surface area contributed by atoms with Crippen molar-refractivity contribution in [2.45, 2.75) is 77.5 Å². The minimum atomic E-state index is -0.710. The molecule has 8 rings (SSSR count). The van der Waals surface area contributed by atoms with Crippen LogP contribution in [0.4, 0.5) is 9.59 Å². The fraction of sp³-hybridized carbons (Fsp3) is 0.391. The Morgan fingerprint density at radius 1 is 0.672 bits per heavy atom. The highest BCUT2D eigenvalue weighted by atomic mass is 32.1. The van der Waals surface area contributed by atoms with E-state index < -0.39 is 24.3 Å². The SMILES string of the molecule is COC(=O)N[C@H](C(=O)N1CCC[C@H]1c1nc2ccc(-c3cc(-c4ccccc4)c(-c4ccc5nc([C@@H]6CCCN6C(=O)[C@@H](NC(=O)OC)C(C)C)[nH]c5c4)s3)cc2[nH]1)C(C)C. The number of aromatic nitrogens is 4. The molecule has 6 aromatic rings. The van der Waals surface area contributed by atoms with Crippen molar-refractivity contribution in [1.82, 2.24) is 40.4 Å². The van der Waals surface area contributed by atoms with Gasteiger partial charge in [-0.25, -0.2) is 19.6 Å². The molecule has 3 aromatic carbocycles. The molecule has 2 aliphatic rings. The zero-order chi connectivity index (χ0) is 42.9. The summed E-state index contributed by atoms with van der Waals surface area (Å²) in [6.45, 7) is 8.79. The van der Waals surface area contributed by atoms with E-state index in [2.05, 4.69) is 63.1 Å². The normalized spacial score (nSPS) is 17.6. The van der Waals surface area contributed by atoms with Gasteiger partial charge in [-0.15, -0.1) is 11.3 Å². The van der Waals surface area contributed by atoms with Crippen molar-refractivity contribution in [3.63, 3.8) is 0 Å². The van der Waals surface area contributed by atoms with Gasteiger partial charge in [0, 0.05) is 28.4 Å². The molecule has 0 bridgehead atoms. The first-order valence-electron chi connectivity index (χ1n) is 20.9. The number of hydrogen-bond donors (Lipinski definition) is 4. The third-order valence-corrected chi connectivity index (χ3v) is 13.1. The predicted octanol–water partition coefficient (Wildman–Crippen LogP) is 8.59. The molecule has 0 spiro atoms. The molecule has 3 aromatic heterocycles. The summed E-state index contributed by atoms with van der Waals surface area (Å²) in [5, 5.41) is 5.45. The quantitative estimate of drug-likeness (QED) is 0.100. The Balaban J connectivity index is 1.09. The Kier molecular flexibility index (Phi) is 11.8. The van der Waals surface area contributed by atoms with Crippen molar-refractivity contribution in [3.8, 4) is 32.0 Å². The van der Waals surface area contributed by atoms with Gasteiger partial charge in [-0.1, -0.05) is 70.2 Å². The summed E-state index contributed by atoms with van der Waals surface area (Å²) in [6.07, 6.45) is 1.94. The molecule has 15 heteroatoms. The second-order valence-electron chi connectivity index (χ2n) is 16.5. The van der Waals surface area contributed by atoms with E-state index in [0.717, 1.165) is 91.4 Å². The molecule has 0 unspecified atom stereocenters. The van der Waals surface area contributed by atoms with Crippen LogP contribution in [-0.4, -0.2) is 93.1 Å². The van der Waals surface area contributed by atoms with Gasteiger partial charge in [0.05, 0.1) is 48.4 Å². The number of carbonyl (C=O) groups is 4. The van der Waals surface area contributed by atoms with Gasteiger partial charge in [0.2, 0.25) is 11.8 Å². The lowest BCUT2D eigenvalue weighted by molar-refractivity contribution is -0.136. The van der Waals surface area contributed by atoms with E-state index in [4.69, 9.17) is 19.4 Å². The minimum Gasteiger partial charge on any atom is -0.453 e. The molecule has 0 saturated carbocycles. The lowest BCUT2D eigenvalue weighted by atomic mass is 10.0. The van der Waals surface area contributed by atoms with Crippen molar-refractivity contribution in [3.05, 3.63) is 84.4 Å². The van der Waals surface area contributed by atoms with Crippen LogP contribution in [0.2, 0.25) is 0 Å². The molecular formula is C46H52N8O6S. The fourth-order valence-corrected chi connectivity index (χ4v) is 9.81. The number of methoxy groups -OCH3 is 2. The zero-order valence-electron chi connectivity index (χ0n) is 35.3. The van der Waals surface area contributed by atoms with Crippen LogP contribution in [0.15, 0.2) is 72.8 Å². The molecule has 61 heavy (non-hydrogen) atoms. The van der Waals surface area contributed by atoms with Crippen LogP contribution in [0, 0.1) is 11.8 Å². The first-order valence-corrected chi connectivity index (χ1v) is 21.7. The van der Waals surface area contributed by atoms with Crippen molar-refractivity contribution in [2.24, 2.45) is 11.8 Å². The molecular weight excluding hydrogens is 793 g/mol. The van der Waals surface area contributed by atoms with Gasteiger partial charge in [0.15, 0.2) is 0 Å². The molecule has 2 aliphatic heterocycles. The van der Waals surface area contributed by atoms with Crippen LogP contribution in [0.1, 0.15) is 77.1 Å². The molecule has 5 heterocycles. The molecule has 4 atom stereocenters. The molecule has 4 N–H and O–H groups in total. The van der Waals surface area contributed by atoms with Crippen LogP contribution in [0.5, 0.6) is 0 Å². The Morgan fingerprint density at radius 2 is 1.16 bits per heavy atom. The van der Waals surface area contributed by atoms with Gasteiger partial charge in [-0.3, -0.25) is 9.59 Å². The van der Waals surface area contributed by atoms with Crippen LogP contribution in [-0.2, 0) is 19.1 Å². The first kappa shape index (κ1) is 41.5. The van der Waals surface area contributed by atoms with E-state index in [1.807, 2.05) is 67.8 Å². The predicted molar refractivity (Wildman–Crippen MR) is 236 cm³/mol. The number of H-pyrrole nitrogens is 2. The lowest BCUT2D eigenvalue weighted by Gasteiger charge is -2.29. The first-order chi connectivity index (χ1) is 29.4. The van der Waals surface area contributed by atoms with Crippen LogP contribution < -0.4 is 10.6 Å². The topological polar surface area (TPSA) is 175 Å². The summed E-state index contributed by atoms with van der Waals surface area (Å²) in [6, 6.07) is 23.2. The number of hydrogen-bond acceptors (Lipinski definition) is 9. The summed E-state index contributed by atoms with van der Waals surface area (Å²) < 4.78 is 9.61. The molecule has 0 aliphatic carbocycles. The molecule has 2 fully saturated rings. The molecule has 2 saturated heterocycles. The Labute approximate surface area is 358 Å². The number of imidazole rings is 2. The van der Waals surface area contributed by atoms with E-state index in [9.17, 15) is 19.2 Å². The number of ether oxygens (including phenoxy) is 2. The zero-order valence-corrected chi connectivity index (χ0v) is 36.1. The smallest absolute Gasteiger partial charge is 0.407 e. The van der Waals surface area contributed by atoms with Crippen LogP contribution in [0.25, 0.3) is 54.1 Å². The van der Waals surface area contributed by atoms with E-state index in [-0.39, 0.29) is 35.7 Å². The maximum Gasteiger partial charge on any atom is 0.407 e. The molecule has 4 amide bonds. The van der Waals surface area contributed by atoms with Gasteiger partial charge in [0.25, 0.3) is 0 Å². The van der Waals surface area contributed by atoms with Crippen LogP contribution >= 0.6 is 11.3 Å². The highest BCUT2D eigenvalue weighted by Gasteiger charge is 2.39. The summed E-state index contributed by atoms with van der Waals surface area (Å²) in [5.41, 5.74) is 7.66. The highest BCUT2D eigenvalue weighted by Crippen LogP contribution is 2.45. The number of rotatable bonds is 11. The number of alkyl carbamates (subject to hydrolysis) is 2. The number of aromatic amines is 2. The van der Waals surface area contributed by atoms with Crippen molar-refractivity contribution >= 4 is 57.4 Å². The number of thiophene rings is 1. The number of fused-ring (bicyclic) bond motifs is 2. The maximum atomic E-state index is 13.8. The average molecular weight is 845 g/mol. The van der Waals surface area contributed by atoms with E-state index in [1.165, 1.54) is 14.2 Å². The molecule has 0 radical (unpaired) electrons. The number of amides is 4. The van der Waals surface area contributed by atoms with E-state index >= 15 is 0 Å². The van der Waals surface area contributed by atoms with Gasteiger partial charge in [0.1, 0.15) is 23.7 Å². The number of carbonyl (C=O) groups excluding carboxylic acids is 4. The Morgan fingerprint density at radius 3 is 1.66 bits per heavy atom. The largest absolute Gasteiger partial charge is 0.453 e. The Hall–Kier alpha value is -6.22.